The Morgan fingerprint density at radius 2 is 1.83 bits per heavy atom. The van der Waals surface area contributed by atoms with E-state index in [1.165, 1.54) is 11.1 Å². The summed E-state index contributed by atoms with van der Waals surface area (Å²) < 4.78 is 11.7. The molecule has 4 nitrogen and oxygen atoms in total. The number of benzene rings is 2. The Kier molecular flexibility index (Phi) is 6.25. The normalized spacial score (nSPS) is 23.8. The second-order valence-electron chi connectivity index (χ2n) is 9.51. The first-order valence-electron chi connectivity index (χ1n) is 10.4. The quantitative estimate of drug-likeness (QED) is 0.756. The molecular weight excluding hydrogens is 362 g/mol. The van der Waals surface area contributed by atoms with Crippen molar-refractivity contribution in [3.63, 3.8) is 0 Å². The third-order valence-electron chi connectivity index (χ3n) is 6.01. The number of aliphatic hydroxyl groups excluding tert-OH is 1. The lowest BCUT2D eigenvalue weighted by Crippen LogP contribution is -2.37. The van der Waals surface area contributed by atoms with Crippen LogP contribution in [-0.4, -0.2) is 41.9 Å². The molecular formula is C25H35NO3. The maximum atomic E-state index is 10.7. The molecule has 0 radical (unpaired) electrons. The largest absolute Gasteiger partial charge is 0.493 e. The minimum absolute atomic E-state index is 0.208. The Labute approximate surface area is 175 Å². The van der Waals surface area contributed by atoms with Crippen molar-refractivity contribution in [2.24, 2.45) is 5.41 Å². The van der Waals surface area contributed by atoms with Gasteiger partial charge in [0.2, 0.25) is 0 Å². The Hall–Kier alpha value is -2.04. The smallest absolute Gasteiger partial charge is 0.162 e. The van der Waals surface area contributed by atoms with Crippen LogP contribution < -0.4 is 9.47 Å². The summed E-state index contributed by atoms with van der Waals surface area (Å²) in [4.78, 5) is 2.45. The van der Waals surface area contributed by atoms with Gasteiger partial charge >= 0.3 is 0 Å². The van der Waals surface area contributed by atoms with Crippen LogP contribution in [0.5, 0.6) is 11.5 Å². The first-order chi connectivity index (χ1) is 13.6. The fourth-order valence-electron chi connectivity index (χ4n) is 4.31. The van der Waals surface area contributed by atoms with Crippen LogP contribution in [0.4, 0.5) is 0 Å². The van der Waals surface area contributed by atoms with Crippen LogP contribution in [0.2, 0.25) is 0 Å². The molecule has 3 rings (SSSR count). The molecule has 1 heterocycles. The number of likely N-dealkylation sites (tertiary alicyclic amines) is 1. The zero-order valence-electron chi connectivity index (χ0n) is 18.6. The topological polar surface area (TPSA) is 41.9 Å². The van der Waals surface area contributed by atoms with Crippen LogP contribution >= 0.6 is 0 Å². The van der Waals surface area contributed by atoms with E-state index in [9.17, 15) is 5.11 Å². The average molecular weight is 398 g/mol. The van der Waals surface area contributed by atoms with Crippen LogP contribution in [0.3, 0.4) is 0 Å². The molecule has 0 spiro atoms. The van der Waals surface area contributed by atoms with E-state index in [2.05, 4.69) is 48.2 Å². The lowest BCUT2D eigenvalue weighted by Gasteiger charge is -2.34. The molecule has 29 heavy (non-hydrogen) atoms. The Morgan fingerprint density at radius 1 is 1.14 bits per heavy atom. The van der Waals surface area contributed by atoms with Crippen molar-refractivity contribution in [3.05, 3.63) is 59.7 Å². The van der Waals surface area contributed by atoms with Crippen LogP contribution in [0, 0.1) is 5.41 Å². The second kappa shape index (κ2) is 8.37. The number of methoxy groups -OCH3 is 1. The average Bonchev–Trinajstić information content (AvgIpc) is 2.99. The van der Waals surface area contributed by atoms with Gasteiger partial charge in [0, 0.05) is 31.0 Å². The molecule has 158 valence electrons. The lowest BCUT2D eigenvalue weighted by molar-refractivity contribution is 0.0473. The van der Waals surface area contributed by atoms with Crippen molar-refractivity contribution in [2.75, 3.05) is 20.2 Å². The number of nitrogens with zero attached hydrogens (tertiary/aromatic N) is 1. The van der Waals surface area contributed by atoms with E-state index in [1.54, 1.807) is 7.11 Å². The fraction of sp³-hybridized carbons (Fsp3) is 0.520. The van der Waals surface area contributed by atoms with Gasteiger partial charge in [-0.15, -0.1) is 0 Å². The fourth-order valence-corrected chi connectivity index (χ4v) is 4.31. The molecule has 1 saturated heterocycles. The highest BCUT2D eigenvalue weighted by Crippen LogP contribution is 2.47. The predicted molar refractivity (Wildman–Crippen MR) is 118 cm³/mol. The molecule has 0 aromatic heterocycles. The van der Waals surface area contributed by atoms with E-state index in [1.807, 2.05) is 39.8 Å². The minimum atomic E-state index is -0.414. The first-order valence-corrected chi connectivity index (χ1v) is 10.4. The van der Waals surface area contributed by atoms with Crippen LogP contribution in [0.25, 0.3) is 0 Å². The molecule has 1 fully saturated rings. The summed E-state index contributed by atoms with van der Waals surface area (Å²) in [5, 5.41) is 10.7. The number of aliphatic hydroxyl groups is 1. The number of ether oxygens (including phenoxy) is 2. The molecule has 4 heteroatoms. The Balaban J connectivity index is 1.91. The van der Waals surface area contributed by atoms with Gasteiger partial charge in [0.05, 0.1) is 13.2 Å². The summed E-state index contributed by atoms with van der Waals surface area (Å²) >= 11 is 0. The van der Waals surface area contributed by atoms with Gasteiger partial charge in [0.25, 0.3) is 0 Å². The summed E-state index contributed by atoms with van der Waals surface area (Å²) in [6.07, 6.45) is -0.414. The highest BCUT2D eigenvalue weighted by molar-refractivity contribution is 5.45. The SMILES string of the molecule is COc1ccc([C@@H]2CN(Cc3ccccc3)C[C@@]2(C)[C@@H](C)O)cc1OC(C)(C)C. The number of rotatable bonds is 6. The van der Waals surface area contributed by atoms with Crippen molar-refractivity contribution in [1.29, 1.82) is 0 Å². The summed E-state index contributed by atoms with van der Waals surface area (Å²) in [6.45, 7) is 12.9. The van der Waals surface area contributed by atoms with Crippen molar-refractivity contribution in [3.8, 4) is 11.5 Å². The second-order valence-corrected chi connectivity index (χ2v) is 9.51. The summed E-state index contributed by atoms with van der Waals surface area (Å²) in [6, 6.07) is 16.7. The molecule has 0 saturated carbocycles. The van der Waals surface area contributed by atoms with Gasteiger partial charge in [0.15, 0.2) is 11.5 Å². The highest BCUT2D eigenvalue weighted by Gasteiger charge is 2.47. The third-order valence-corrected chi connectivity index (χ3v) is 6.01. The van der Waals surface area contributed by atoms with Gasteiger partial charge in [-0.2, -0.15) is 0 Å². The highest BCUT2D eigenvalue weighted by atomic mass is 16.5. The van der Waals surface area contributed by atoms with E-state index in [0.29, 0.717) is 0 Å². The monoisotopic (exact) mass is 397 g/mol. The zero-order valence-corrected chi connectivity index (χ0v) is 18.6. The maximum Gasteiger partial charge on any atom is 0.162 e. The predicted octanol–water partition coefficient (Wildman–Crippen LogP) is 4.86. The van der Waals surface area contributed by atoms with E-state index in [4.69, 9.17) is 9.47 Å². The number of hydrogen-bond acceptors (Lipinski definition) is 4. The van der Waals surface area contributed by atoms with Crippen molar-refractivity contribution in [1.82, 2.24) is 4.90 Å². The van der Waals surface area contributed by atoms with Crippen molar-refractivity contribution in [2.45, 2.75) is 58.8 Å². The molecule has 0 unspecified atom stereocenters. The van der Waals surface area contributed by atoms with Crippen molar-refractivity contribution < 1.29 is 14.6 Å². The summed E-state index contributed by atoms with van der Waals surface area (Å²) in [5.41, 5.74) is 1.94. The molecule has 3 atom stereocenters. The van der Waals surface area contributed by atoms with Gasteiger partial charge in [-0.05, 0) is 51.0 Å². The zero-order chi connectivity index (χ0) is 21.2. The molecule has 2 aromatic carbocycles. The molecule has 1 aliphatic heterocycles. The van der Waals surface area contributed by atoms with Gasteiger partial charge in [-0.1, -0.05) is 43.3 Å². The molecule has 0 amide bonds. The van der Waals surface area contributed by atoms with Gasteiger partial charge in [-0.3, -0.25) is 4.90 Å². The Bertz CT molecular complexity index is 813. The molecule has 2 aromatic rings. The lowest BCUT2D eigenvalue weighted by atomic mass is 9.72. The first kappa shape index (κ1) is 21.7. The van der Waals surface area contributed by atoms with Crippen LogP contribution in [0.15, 0.2) is 48.5 Å². The van der Waals surface area contributed by atoms with Crippen LogP contribution in [0.1, 0.15) is 51.7 Å². The van der Waals surface area contributed by atoms with E-state index in [-0.39, 0.29) is 16.9 Å². The minimum Gasteiger partial charge on any atom is -0.493 e. The van der Waals surface area contributed by atoms with Gasteiger partial charge in [0.1, 0.15) is 5.60 Å². The summed E-state index contributed by atoms with van der Waals surface area (Å²) in [5.74, 6) is 1.70. The van der Waals surface area contributed by atoms with E-state index < -0.39 is 6.10 Å². The van der Waals surface area contributed by atoms with Crippen LogP contribution in [-0.2, 0) is 6.54 Å². The van der Waals surface area contributed by atoms with Crippen molar-refractivity contribution >= 4 is 0 Å². The summed E-state index contributed by atoms with van der Waals surface area (Å²) in [7, 11) is 1.67. The molecule has 1 N–H and O–H groups in total. The Morgan fingerprint density at radius 3 is 2.41 bits per heavy atom. The standard InChI is InChI=1S/C25H35NO3/c1-18(27)25(5)17-26(15-19-10-8-7-9-11-19)16-21(25)20-12-13-22(28-6)23(14-20)29-24(2,3)4/h7-14,18,21,27H,15-17H2,1-6H3/t18-,21+,25+/m1/s1. The van der Waals surface area contributed by atoms with Gasteiger partial charge in [-0.25, -0.2) is 0 Å². The maximum absolute atomic E-state index is 10.7. The molecule has 1 aliphatic rings. The van der Waals surface area contributed by atoms with E-state index >= 15 is 0 Å². The third kappa shape index (κ3) is 4.93. The van der Waals surface area contributed by atoms with E-state index in [0.717, 1.165) is 31.1 Å². The molecule has 0 bridgehead atoms. The van der Waals surface area contributed by atoms with Gasteiger partial charge < -0.3 is 14.6 Å². The molecule has 0 aliphatic carbocycles. The number of hydrogen-bond donors (Lipinski definition) is 1.